The third kappa shape index (κ3) is 3.55. The normalized spacial score (nSPS) is 25.5. The van der Waals surface area contributed by atoms with Crippen LogP contribution in [0, 0.1) is 11.6 Å². The van der Waals surface area contributed by atoms with E-state index in [0.29, 0.717) is 5.92 Å². The van der Waals surface area contributed by atoms with Gasteiger partial charge in [0.2, 0.25) is 0 Å². The molecule has 1 aromatic carbocycles. The van der Waals surface area contributed by atoms with Crippen LogP contribution in [0.4, 0.5) is 8.78 Å². The van der Waals surface area contributed by atoms with E-state index in [1.807, 2.05) is 6.07 Å². The Kier molecular flexibility index (Phi) is 5.43. The minimum Gasteiger partial charge on any atom is -0.379 e. The van der Waals surface area contributed by atoms with Crippen LogP contribution in [-0.4, -0.2) is 47.9 Å². The van der Waals surface area contributed by atoms with Crippen molar-refractivity contribution in [1.29, 1.82) is 0 Å². The SMILES string of the molecule is CC[C@H]1CC[C@](C)(CN2CCOCC2)c2nnc(-c3c(F)cccc3F)cc21. The molecule has 1 aliphatic heterocycles. The predicted molar refractivity (Wildman–Crippen MR) is 104 cm³/mol. The van der Waals surface area contributed by atoms with Gasteiger partial charge in [0.1, 0.15) is 11.6 Å². The number of hydrogen-bond acceptors (Lipinski definition) is 4. The first-order chi connectivity index (χ1) is 13.5. The Morgan fingerprint density at radius 1 is 1.18 bits per heavy atom. The van der Waals surface area contributed by atoms with Gasteiger partial charge in [-0.25, -0.2) is 8.78 Å². The van der Waals surface area contributed by atoms with E-state index in [9.17, 15) is 8.78 Å². The van der Waals surface area contributed by atoms with Crippen molar-refractivity contribution in [3.8, 4) is 11.3 Å². The first-order valence-electron chi connectivity index (χ1n) is 10.1. The van der Waals surface area contributed by atoms with E-state index >= 15 is 0 Å². The lowest BCUT2D eigenvalue weighted by Crippen LogP contribution is -2.46. The summed E-state index contributed by atoms with van der Waals surface area (Å²) in [5, 5.41) is 8.82. The summed E-state index contributed by atoms with van der Waals surface area (Å²) in [4.78, 5) is 2.42. The molecule has 0 radical (unpaired) electrons. The number of hydrogen-bond donors (Lipinski definition) is 0. The number of rotatable bonds is 4. The van der Waals surface area contributed by atoms with Crippen LogP contribution in [0.2, 0.25) is 0 Å². The third-order valence-electron chi connectivity index (χ3n) is 6.27. The Morgan fingerprint density at radius 3 is 2.57 bits per heavy atom. The van der Waals surface area contributed by atoms with Crippen molar-refractivity contribution in [3.05, 3.63) is 47.2 Å². The Labute approximate surface area is 164 Å². The molecule has 0 saturated carbocycles. The second-order valence-electron chi connectivity index (χ2n) is 8.22. The molecule has 2 heterocycles. The predicted octanol–water partition coefficient (Wildman–Crippen LogP) is 4.30. The highest BCUT2D eigenvalue weighted by Gasteiger charge is 2.39. The molecule has 0 amide bonds. The Morgan fingerprint density at radius 2 is 1.89 bits per heavy atom. The molecule has 1 aromatic heterocycles. The quantitative estimate of drug-likeness (QED) is 0.784. The van der Waals surface area contributed by atoms with E-state index < -0.39 is 11.6 Å². The molecule has 4 nitrogen and oxygen atoms in total. The molecule has 2 aliphatic rings. The lowest BCUT2D eigenvalue weighted by molar-refractivity contribution is 0.0256. The molecule has 0 spiro atoms. The molecule has 1 fully saturated rings. The average molecular weight is 387 g/mol. The highest BCUT2D eigenvalue weighted by atomic mass is 19.1. The van der Waals surface area contributed by atoms with E-state index in [-0.39, 0.29) is 16.7 Å². The number of fused-ring (bicyclic) bond motifs is 1. The fourth-order valence-corrected chi connectivity index (χ4v) is 4.65. The number of ether oxygens (including phenoxy) is 1. The fraction of sp³-hybridized carbons (Fsp3) is 0.545. The van der Waals surface area contributed by atoms with Gasteiger partial charge >= 0.3 is 0 Å². The second kappa shape index (κ2) is 7.84. The van der Waals surface area contributed by atoms with Gasteiger partial charge in [0.25, 0.3) is 0 Å². The summed E-state index contributed by atoms with van der Waals surface area (Å²) in [5.41, 5.74) is 2.16. The molecule has 6 heteroatoms. The van der Waals surface area contributed by atoms with Crippen molar-refractivity contribution < 1.29 is 13.5 Å². The zero-order valence-corrected chi connectivity index (χ0v) is 16.5. The van der Waals surface area contributed by atoms with Gasteiger partial charge in [-0.2, -0.15) is 10.2 Å². The molecule has 2 atom stereocenters. The van der Waals surface area contributed by atoms with Crippen LogP contribution in [-0.2, 0) is 10.2 Å². The van der Waals surface area contributed by atoms with Crippen molar-refractivity contribution in [2.45, 2.75) is 44.4 Å². The van der Waals surface area contributed by atoms with Gasteiger partial charge in [-0.05, 0) is 48.9 Å². The first-order valence-corrected chi connectivity index (χ1v) is 10.1. The maximum absolute atomic E-state index is 14.3. The highest BCUT2D eigenvalue weighted by Crippen LogP contribution is 2.44. The smallest absolute Gasteiger partial charge is 0.135 e. The molecule has 1 saturated heterocycles. The van der Waals surface area contributed by atoms with Crippen molar-refractivity contribution in [2.24, 2.45) is 0 Å². The zero-order chi connectivity index (χ0) is 19.7. The molecule has 0 N–H and O–H groups in total. The molecular formula is C22H27F2N3O. The first kappa shape index (κ1) is 19.4. The molecule has 28 heavy (non-hydrogen) atoms. The molecular weight excluding hydrogens is 360 g/mol. The summed E-state index contributed by atoms with van der Waals surface area (Å²) in [6.45, 7) is 8.67. The average Bonchev–Trinajstić information content (AvgIpc) is 2.69. The number of nitrogens with zero attached hydrogens (tertiary/aromatic N) is 3. The molecule has 2 aromatic rings. The van der Waals surface area contributed by atoms with Gasteiger partial charge in [-0.15, -0.1) is 0 Å². The lowest BCUT2D eigenvalue weighted by atomic mass is 9.69. The number of benzene rings is 1. The van der Waals surface area contributed by atoms with Crippen LogP contribution in [0.3, 0.4) is 0 Å². The van der Waals surface area contributed by atoms with E-state index in [2.05, 4.69) is 28.9 Å². The largest absolute Gasteiger partial charge is 0.379 e. The maximum Gasteiger partial charge on any atom is 0.135 e. The molecule has 4 rings (SSSR count). The van der Waals surface area contributed by atoms with E-state index in [4.69, 9.17) is 4.74 Å². The second-order valence-corrected chi connectivity index (χ2v) is 8.22. The zero-order valence-electron chi connectivity index (χ0n) is 16.5. The Bertz CT molecular complexity index is 833. The monoisotopic (exact) mass is 387 g/mol. The van der Waals surface area contributed by atoms with Gasteiger partial charge < -0.3 is 4.74 Å². The van der Waals surface area contributed by atoms with Gasteiger partial charge in [0, 0.05) is 25.0 Å². The molecule has 150 valence electrons. The summed E-state index contributed by atoms with van der Waals surface area (Å²) >= 11 is 0. The van der Waals surface area contributed by atoms with Crippen LogP contribution in [0.25, 0.3) is 11.3 Å². The topological polar surface area (TPSA) is 38.2 Å². The third-order valence-corrected chi connectivity index (χ3v) is 6.27. The van der Waals surface area contributed by atoms with Crippen molar-refractivity contribution in [1.82, 2.24) is 15.1 Å². The molecule has 1 aliphatic carbocycles. The summed E-state index contributed by atoms with van der Waals surface area (Å²) < 4.78 is 34.0. The summed E-state index contributed by atoms with van der Waals surface area (Å²) in [7, 11) is 0. The van der Waals surface area contributed by atoms with Crippen LogP contribution < -0.4 is 0 Å². The van der Waals surface area contributed by atoms with Crippen molar-refractivity contribution in [3.63, 3.8) is 0 Å². The van der Waals surface area contributed by atoms with Gasteiger partial charge in [0.15, 0.2) is 0 Å². The van der Waals surface area contributed by atoms with E-state index in [0.717, 1.165) is 63.4 Å². The summed E-state index contributed by atoms with van der Waals surface area (Å²) in [6, 6.07) is 5.77. The van der Waals surface area contributed by atoms with Crippen LogP contribution in [0.1, 0.15) is 50.3 Å². The van der Waals surface area contributed by atoms with Crippen molar-refractivity contribution >= 4 is 0 Å². The highest BCUT2D eigenvalue weighted by molar-refractivity contribution is 5.62. The lowest BCUT2D eigenvalue weighted by Gasteiger charge is -2.42. The fourth-order valence-electron chi connectivity index (χ4n) is 4.65. The van der Waals surface area contributed by atoms with Gasteiger partial charge in [0.05, 0.1) is 30.2 Å². The molecule has 0 bridgehead atoms. The Hall–Kier alpha value is -1.92. The number of halogens is 2. The number of aromatic nitrogens is 2. The van der Waals surface area contributed by atoms with Gasteiger partial charge in [-0.3, -0.25) is 4.90 Å². The standard InChI is InChI=1S/C22H27F2N3O/c1-3-15-7-8-22(2,14-27-9-11-28-12-10-27)21-16(15)13-19(25-26-21)20-17(23)5-4-6-18(20)24/h4-6,13,15H,3,7-12,14H2,1-2H3/t15-,22+/m0/s1. The van der Waals surface area contributed by atoms with Gasteiger partial charge in [-0.1, -0.05) is 19.9 Å². The van der Waals surface area contributed by atoms with Crippen LogP contribution in [0.5, 0.6) is 0 Å². The van der Waals surface area contributed by atoms with Crippen LogP contribution >= 0.6 is 0 Å². The minimum atomic E-state index is -0.603. The summed E-state index contributed by atoms with van der Waals surface area (Å²) in [6.07, 6.45) is 3.07. The van der Waals surface area contributed by atoms with Crippen LogP contribution in [0.15, 0.2) is 24.3 Å². The van der Waals surface area contributed by atoms with E-state index in [1.54, 1.807) is 0 Å². The minimum absolute atomic E-state index is 0.0897. The van der Waals surface area contributed by atoms with Crippen molar-refractivity contribution in [2.75, 3.05) is 32.8 Å². The maximum atomic E-state index is 14.3. The number of morpholine rings is 1. The Balaban J connectivity index is 1.74. The summed E-state index contributed by atoms with van der Waals surface area (Å²) in [5.74, 6) is -0.861. The molecule has 0 unspecified atom stereocenters. The van der Waals surface area contributed by atoms with E-state index in [1.165, 1.54) is 18.2 Å².